The maximum atomic E-state index is 13.7. The number of hydrogen-bond donors (Lipinski definition) is 1. The molecule has 7 heteroatoms. The van der Waals surface area contributed by atoms with Crippen molar-refractivity contribution in [1.82, 2.24) is 9.88 Å². The van der Waals surface area contributed by atoms with E-state index in [4.69, 9.17) is 0 Å². The van der Waals surface area contributed by atoms with Gasteiger partial charge in [-0.15, -0.1) is 11.3 Å². The first-order chi connectivity index (χ1) is 10.6. The average Bonchev–Trinajstić information content (AvgIpc) is 2.88. The number of carbonyl (C=O) groups is 2. The lowest BCUT2D eigenvalue weighted by Gasteiger charge is -2.04. The fourth-order valence-electron chi connectivity index (χ4n) is 1.83. The molecule has 2 rings (SSSR count). The number of thiazole rings is 1. The Morgan fingerprint density at radius 1 is 1.36 bits per heavy atom. The molecule has 1 aromatic heterocycles. The SMILES string of the molecule is CC(=O)NCCC(=O)N=c1sccn1Cc1ccccc1F. The van der Waals surface area contributed by atoms with Gasteiger partial charge in [-0.25, -0.2) is 4.39 Å². The van der Waals surface area contributed by atoms with Crippen molar-refractivity contribution in [2.45, 2.75) is 19.9 Å². The number of nitrogens with one attached hydrogen (secondary N) is 1. The molecule has 0 saturated heterocycles. The van der Waals surface area contributed by atoms with E-state index in [1.54, 1.807) is 34.3 Å². The molecule has 0 aliphatic carbocycles. The predicted octanol–water partition coefficient (Wildman–Crippen LogP) is 1.69. The predicted molar refractivity (Wildman–Crippen MR) is 81.7 cm³/mol. The number of rotatable bonds is 5. The Morgan fingerprint density at radius 2 is 2.14 bits per heavy atom. The summed E-state index contributed by atoms with van der Waals surface area (Å²) in [7, 11) is 0. The van der Waals surface area contributed by atoms with E-state index in [0.29, 0.717) is 16.9 Å². The van der Waals surface area contributed by atoms with E-state index in [1.807, 2.05) is 0 Å². The zero-order chi connectivity index (χ0) is 15.9. The average molecular weight is 321 g/mol. The minimum absolute atomic E-state index is 0.136. The summed E-state index contributed by atoms with van der Waals surface area (Å²) in [6.45, 7) is 1.97. The topological polar surface area (TPSA) is 63.5 Å². The number of benzene rings is 1. The van der Waals surface area contributed by atoms with Crippen molar-refractivity contribution in [3.05, 3.63) is 52.0 Å². The Balaban J connectivity index is 2.09. The maximum Gasteiger partial charge on any atom is 0.250 e. The van der Waals surface area contributed by atoms with Gasteiger partial charge in [0, 0.05) is 37.0 Å². The van der Waals surface area contributed by atoms with Crippen LogP contribution >= 0.6 is 11.3 Å². The monoisotopic (exact) mass is 321 g/mol. The van der Waals surface area contributed by atoms with Crippen molar-refractivity contribution >= 4 is 23.2 Å². The number of halogens is 1. The molecule has 0 aliphatic heterocycles. The fraction of sp³-hybridized carbons (Fsp3) is 0.267. The smallest absolute Gasteiger partial charge is 0.250 e. The van der Waals surface area contributed by atoms with E-state index in [-0.39, 0.29) is 30.6 Å². The summed E-state index contributed by atoms with van der Waals surface area (Å²) in [4.78, 5) is 27.0. The molecule has 0 aliphatic rings. The molecule has 0 atom stereocenters. The van der Waals surface area contributed by atoms with Crippen LogP contribution in [-0.2, 0) is 16.1 Å². The number of hydrogen-bond acceptors (Lipinski definition) is 3. The van der Waals surface area contributed by atoms with Crippen molar-refractivity contribution < 1.29 is 14.0 Å². The lowest BCUT2D eigenvalue weighted by atomic mass is 10.2. The van der Waals surface area contributed by atoms with Gasteiger partial charge >= 0.3 is 0 Å². The Hall–Kier alpha value is -2.28. The number of amides is 2. The molecule has 0 spiro atoms. The van der Waals surface area contributed by atoms with Crippen LogP contribution in [0.2, 0.25) is 0 Å². The highest BCUT2D eigenvalue weighted by Gasteiger charge is 2.05. The van der Waals surface area contributed by atoms with E-state index in [9.17, 15) is 14.0 Å². The fourth-order valence-corrected chi connectivity index (χ4v) is 2.57. The van der Waals surface area contributed by atoms with Crippen LogP contribution in [0.15, 0.2) is 40.8 Å². The van der Waals surface area contributed by atoms with Crippen molar-refractivity contribution in [2.24, 2.45) is 4.99 Å². The van der Waals surface area contributed by atoms with Crippen LogP contribution in [0.25, 0.3) is 0 Å². The van der Waals surface area contributed by atoms with Gasteiger partial charge in [0.1, 0.15) is 5.82 Å². The molecular formula is C15H16FN3O2S. The molecule has 22 heavy (non-hydrogen) atoms. The third-order valence-electron chi connectivity index (χ3n) is 2.89. The molecule has 0 unspecified atom stereocenters. The second kappa shape index (κ2) is 7.65. The molecule has 0 fully saturated rings. The summed E-state index contributed by atoms with van der Waals surface area (Å²) in [6, 6.07) is 6.49. The van der Waals surface area contributed by atoms with Crippen molar-refractivity contribution in [3.63, 3.8) is 0 Å². The Labute approximate surface area is 131 Å². The van der Waals surface area contributed by atoms with Gasteiger partial charge in [0.15, 0.2) is 4.80 Å². The highest BCUT2D eigenvalue weighted by Crippen LogP contribution is 2.08. The molecule has 116 valence electrons. The van der Waals surface area contributed by atoms with Gasteiger partial charge < -0.3 is 9.88 Å². The van der Waals surface area contributed by atoms with Crippen molar-refractivity contribution in [3.8, 4) is 0 Å². The second-order valence-electron chi connectivity index (χ2n) is 4.64. The van der Waals surface area contributed by atoms with Gasteiger partial charge in [-0.05, 0) is 6.07 Å². The molecule has 0 saturated carbocycles. The van der Waals surface area contributed by atoms with Gasteiger partial charge in [-0.3, -0.25) is 9.59 Å². The zero-order valence-electron chi connectivity index (χ0n) is 12.1. The molecule has 1 aromatic carbocycles. The van der Waals surface area contributed by atoms with Gasteiger partial charge in [-0.2, -0.15) is 4.99 Å². The Kier molecular flexibility index (Phi) is 5.60. The van der Waals surface area contributed by atoms with Crippen LogP contribution in [0.3, 0.4) is 0 Å². The van der Waals surface area contributed by atoms with Gasteiger partial charge in [0.2, 0.25) is 11.8 Å². The summed E-state index contributed by atoms with van der Waals surface area (Å²) in [5.41, 5.74) is 0.535. The second-order valence-corrected chi connectivity index (χ2v) is 5.52. The lowest BCUT2D eigenvalue weighted by molar-refractivity contribution is -0.119. The first-order valence-electron chi connectivity index (χ1n) is 6.75. The third kappa shape index (κ3) is 4.63. The summed E-state index contributed by atoms with van der Waals surface area (Å²) in [5.74, 6) is -0.791. The summed E-state index contributed by atoms with van der Waals surface area (Å²) in [6.07, 6.45) is 1.90. The maximum absolute atomic E-state index is 13.7. The molecule has 0 bridgehead atoms. The molecule has 2 aromatic rings. The standard InChI is InChI=1S/C15H16FN3O2S/c1-11(20)17-7-6-14(21)18-15-19(8-9-22-15)10-12-4-2-3-5-13(12)16/h2-5,8-9H,6-7,10H2,1H3,(H,17,20). The quantitative estimate of drug-likeness (QED) is 0.911. The van der Waals surface area contributed by atoms with Crippen LogP contribution < -0.4 is 10.1 Å². The number of nitrogens with zero attached hydrogens (tertiary/aromatic N) is 2. The van der Waals surface area contributed by atoms with Gasteiger partial charge in [0.25, 0.3) is 0 Å². The molecule has 0 radical (unpaired) electrons. The summed E-state index contributed by atoms with van der Waals surface area (Å²) < 4.78 is 15.4. The highest BCUT2D eigenvalue weighted by atomic mass is 32.1. The molecule has 2 amide bonds. The van der Waals surface area contributed by atoms with Crippen LogP contribution in [0.5, 0.6) is 0 Å². The molecule has 1 heterocycles. The third-order valence-corrected chi connectivity index (χ3v) is 3.69. The van der Waals surface area contributed by atoms with Gasteiger partial charge in [0.05, 0.1) is 6.54 Å². The molecular weight excluding hydrogens is 305 g/mol. The largest absolute Gasteiger partial charge is 0.356 e. The van der Waals surface area contributed by atoms with Crippen molar-refractivity contribution in [2.75, 3.05) is 6.54 Å². The number of aromatic nitrogens is 1. The first-order valence-corrected chi connectivity index (χ1v) is 7.63. The van der Waals surface area contributed by atoms with Crippen molar-refractivity contribution in [1.29, 1.82) is 0 Å². The molecule has 5 nitrogen and oxygen atoms in total. The minimum Gasteiger partial charge on any atom is -0.356 e. The lowest BCUT2D eigenvalue weighted by Crippen LogP contribution is -2.24. The zero-order valence-corrected chi connectivity index (χ0v) is 12.9. The van der Waals surface area contributed by atoms with E-state index in [0.717, 1.165) is 0 Å². The van der Waals surface area contributed by atoms with Crippen LogP contribution in [-0.4, -0.2) is 22.9 Å². The summed E-state index contributed by atoms with van der Waals surface area (Å²) >= 11 is 1.31. The van der Waals surface area contributed by atoms with Crippen LogP contribution in [0.4, 0.5) is 4.39 Å². The number of carbonyl (C=O) groups excluding carboxylic acids is 2. The van der Waals surface area contributed by atoms with E-state index >= 15 is 0 Å². The molecule has 1 N–H and O–H groups in total. The minimum atomic E-state index is -0.321. The van der Waals surface area contributed by atoms with Gasteiger partial charge in [-0.1, -0.05) is 18.2 Å². The Morgan fingerprint density at radius 3 is 2.86 bits per heavy atom. The van der Waals surface area contributed by atoms with E-state index in [2.05, 4.69) is 10.3 Å². The first kappa shape index (κ1) is 16.1. The normalized spacial score (nSPS) is 11.5. The van der Waals surface area contributed by atoms with E-state index < -0.39 is 0 Å². The van der Waals surface area contributed by atoms with Crippen LogP contribution in [0.1, 0.15) is 18.9 Å². The Bertz CT molecular complexity index is 736. The van der Waals surface area contributed by atoms with E-state index in [1.165, 1.54) is 24.3 Å². The summed E-state index contributed by atoms with van der Waals surface area (Å²) in [5, 5.41) is 4.34. The highest BCUT2D eigenvalue weighted by molar-refractivity contribution is 7.07. The van der Waals surface area contributed by atoms with Crippen LogP contribution in [0, 0.1) is 5.82 Å².